The first-order valence-corrected chi connectivity index (χ1v) is 7.11. The van der Waals surface area contributed by atoms with E-state index in [4.69, 9.17) is 15.4 Å². The molecule has 1 aliphatic heterocycles. The van der Waals surface area contributed by atoms with Crippen molar-refractivity contribution in [1.29, 1.82) is 0 Å². The van der Waals surface area contributed by atoms with Gasteiger partial charge >= 0.3 is 9.24 Å². The summed E-state index contributed by atoms with van der Waals surface area (Å²) in [4.78, 5) is 11.3. The highest BCUT2D eigenvalue weighted by atomic mass is 35.7. The molecule has 1 saturated heterocycles. The summed E-state index contributed by atoms with van der Waals surface area (Å²) in [6.45, 7) is 0. The molecule has 1 aromatic carbocycles. The van der Waals surface area contributed by atoms with E-state index in [1.165, 1.54) is 7.11 Å². The van der Waals surface area contributed by atoms with Crippen LogP contribution in [0.25, 0.3) is 0 Å². The molecule has 1 fully saturated rings. The van der Waals surface area contributed by atoms with Crippen molar-refractivity contribution in [2.75, 3.05) is 7.11 Å². The van der Waals surface area contributed by atoms with Crippen molar-refractivity contribution in [3.05, 3.63) is 29.8 Å². The van der Waals surface area contributed by atoms with Crippen molar-refractivity contribution in [2.24, 2.45) is 0 Å². The fraction of sp³-hybridized carbons (Fsp3) is 0.300. The summed E-state index contributed by atoms with van der Waals surface area (Å²) < 4.78 is 28.3. The number of ether oxygens (including phenoxy) is 1. The van der Waals surface area contributed by atoms with Gasteiger partial charge in [-0.15, -0.1) is 0 Å². The van der Waals surface area contributed by atoms with Gasteiger partial charge in [0.05, 0.1) is 19.6 Å². The van der Waals surface area contributed by atoms with Crippen molar-refractivity contribution in [1.82, 2.24) is 4.31 Å². The minimum Gasteiger partial charge on any atom is -0.496 e. The summed E-state index contributed by atoms with van der Waals surface area (Å²) in [7, 11) is 2.65. The van der Waals surface area contributed by atoms with Crippen LogP contribution in [0.15, 0.2) is 24.3 Å². The first-order valence-electron chi connectivity index (χ1n) is 4.85. The van der Waals surface area contributed by atoms with Gasteiger partial charge in [-0.05, 0) is 6.07 Å². The lowest BCUT2D eigenvalue weighted by atomic mass is 9.96. The van der Waals surface area contributed by atoms with Gasteiger partial charge in [-0.3, -0.25) is 4.79 Å². The zero-order chi connectivity index (χ0) is 12.6. The number of carbonyl (C=O) groups excluding carboxylic acids is 1. The van der Waals surface area contributed by atoms with Crippen LogP contribution in [-0.2, 0) is 14.0 Å². The Balaban J connectivity index is 2.39. The summed E-state index contributed by atoms with van der Waals surface area (Å²) in [5.41, 5.74) is 0.638. The summed E-state index contributed by atoms with van der Waals surface area (Å²) in [6, 6.07) is 6.37. The molecule has 0 bridgehead atoms. The Bertz CT molecular complexity index is 557. The van der Waals surface area contributed by atoms with Crippen LogP contribution in [0.3, 0.4) is 0 Å². The van der Waals surface area contributed by atoms with E-state index in [0.717, 1.165) is 0 Å². The lowest BCUT2D eigenvalue weighted by Gasteiger charge is -2.37. The van der Waals surface area contributed by atoms with Gasteiger partial charge in [-0.1, -0.05) is 18.2 Å². The molecule has 1 amide bonds. The van der Waals surface area contributed by atoms with Crippen molar-refractivity contribution in [3.8, 4) is 5.75 Å². The molecule has 17 heavy (non-hydrogen) atoms. The van der Waals surface area contributed by atoms with Crippen molar-refractivity contribution in [2.45, 2.75) is 12.5 Å². The van der Waals surface area contributed by atoms with Crippen molar-refractivity contribution < 1.29 is 17.9 Å². The fourth-order valence-corrected chi connectivity index (χ4v) is 3.18. The third kappa shape index (κ3) is 2.10. The van der Waals surface area contributed by atoms with Gasteiger partial charge in [0.1, 0.15) is 5.75 Å². The molecule has 0 N–H and O–H groups in total. The number of hydrogen-bond donors (Lipinski definition) is 0. The summed E-state index contributed by atoms with van der Waals surface area (Å²) in [5.74, 6) is 0.0335. The molecule has 1 heterocycles. The maximum Gasteiger partial charge on any atom is 0.324 e. The number of benzene rings is 1. The molecule has 0 radical (unpaired) electrons. The Kier molecular flexibility index (Phi) is 3.01. The minimum atomic E-state index is -4.04. The van der Waals surface area contributed by atoms with Gasteiger partial charge in [0.15, 0.2) is 0 Å². The number of amides is 1. The standard InChI is InChI=1S/C10H10ClNO4S/c1-16-9-5-3-2-4-7(9)8-6-10(13)12(8)17(11,14)15/h2-5,8H,6H2,1H3. The number of rotatable bonds is 3. The smallest absolute Gasteiger partial charge is 0.324 e. The molecular weight excluding hydrogens is 266 g/mol. The molecule has 1 unspecified atom stereocenters. The molecule has 2 rings (SSSR count). The van der Waals surface area contributed by atoms with E-state index in [9.17, 15) is 13.2 Å². The molecular formula is C10H10ClNO4S. The lowest BCUT2D eigenvalue weighted by Crippen LogP contribution is -2.48. The average molecular weight is 276 g/mol. The van der Waals surface area contributed by atoms with Crippen LogP contribution in [-0.4, -0.2) is 25.7 Å². The van der Waals surface area contributed by atoms with Crippen LogP contribution in [0, 0.1) is 0 Å². The van der Waals surface area contributed by atoms with Crippen LogP contribution in [0.1, 0.15) is 18.0 Å². The van der Waals surface area contributed by atoms with Crippen LogP contribution in [0.2, 0.25) is 0 Å². The van der Waals surface area contributed by atoms with Gasteiger partial charge in [0.2, 0.25) is 5.91 Å². The van der Waals surface area contributed by atoms with E-state index < -0.39 is 21.2 Å². The second-order valence-corrected chi connectivity index (χ2v) is 5.98. The number of nitrogens with zero attached hydrogens (tertiary/aromatic N) is 1. The molecule has 92 valence electrons. The zero-order valence-corrected chi connectivity index (χ0v) is 10.5. The molecule has 1 atom stereocenters. The molecule has 7 heteroatoms. The summed E-state index contributed by atoms with van der Waals surface area (Å²) in [6.07, 6.45) is 0.117. The molecule has 0 aliphatic carbocycles. The Hall–Kier alpha value is -1.27. The van der Waals surface area contributed by atoms with E-state index in [2.05, 4.69) is 0 Å². The van der Waals surface area contributed by atoms with Crippen LogP contribution >= 0.6 is 10.7 Å². The zero-order valence-electron chi connectivity index (χ0n) is 8.96. The largest absolute Gasteiger partial charge is 0.496 e. The van der Waals surface area contributed by atoms with Crippen molar-refractivity contribution >= 4 is 25.8 Å². The van der Waals surface area contributed by atoms with Gasteiger partial charge in [-0.2, -0.15) is 8.42 Å². The van der Waals surface area contributed by atoms with E-state index in [-0.39, 0.29) is 6.42 Å². The number of halogens is 1. The van der Waals surface area contributed by atoms with Gasteiger partial charge in [-0.25, -0.2) is 4.31 Å². The quantitative estimate of drug-likeness (QED) is 0.619. The molecule has 1 aromatic rings. The van der Waals surface area contributed by atoms with Gasteiger partial charge < -0.3 is 4.74 Å². The topological polar surface area (TPSA) is 63.7 Å². The van der Waals surface area contributed by atoms with Gasteiger partial charge in [0, 0.05) is 16.2 Å². The Morgan fingerprint density at radius 3 is 2.59 bits per heavy atom. The molecule has 0 spiro atoms. The third-order valence-corrected chi connectivity index (χ3v) is 4.00. The second-order valence-electron chi connectivity index (χ2n) is 3.59. The summed E-state index contributed by atoms with van der Waals surface area (Å²) >= 11 is 0. The average Bonchev–Trinajstić information content (AvgIpc) is 2.23. The number of β-lactam (4-membered cyclic amide) rings is 1. The Morgan fingerprint density at radius 2 is 2.06 bits per heavy atom. The van der Waals surface area contributed by atoms with E-state index in [0.29, 0.717) is 15.6 Å². The highest BCUT2D eigenvalue weighted by molar-refractivity contribution is 8.12. The second kappa shape index (κ2) is 4.19. The maximum absolute atomic E-state index is 11.3. The molecule has 1 aliphatic rings. The van der Waals surface area contributed by atoms with E-state index in [1.807, 2.05) is 0 Å². The lowest BCUT2D eigenvalue weighted by molar-refractivity contribution is -0.137. The SMILES string of the molecule is COc1ccccc1C1CC(=O)N1S(=O)(=O)Cl. The molecule has 0 saturated carbocycles. The highest BCUT2D eigenvalue weighted by Crippen LogP contribution is 2.41. The Morgan fingerprint density at radius 1 is 1.41 bits per heavy atom. The molecule has 0 aromatic heterocycles. The minimum absolute atomic E-state index is 0.117. The maximum atomic E-state index is 11.3. The Labute approximate surface area is 103 Å². The van der Waals surface area contributed by atoms with E-state index >= 15 is 0 Å². The predicted octanol–water partition coefficient (Wildman–Crippen LogP) is 1.45. The first kappa shape index (κ1) is 12.2. The fourth-order valence-electron chi connectivity index (χ4n) is 1.85. The number of carbonyl (C=O) groups is 1. The van der Waals surface area contributed by atoms with Gasteiger partial charge in [0.25, 0.3) is 0 Å². The van der Waals surface area contributed by atoms with Crippen LogP contribution in [0.5, 0.6) is 5.75 Å². The first-order chi connectivity index (χ1) is 7.95. The molecule has 5 nitrogen and oxygen atoms in total. The number of methoxy groups -OCH3 is 1. The van der Waals surface area contributed by atoms with Crippen LogP contribution in [0.4, 0.5) is 0 Å². The number of hydrogen-bond acceptors (Lipinski definition) is 4. The third-order valence-electron chi connectivity index (χ3n) is 2.63. The monoisotopic (exact) mass is 275 g/mol. The predicted molar refractivity (Wildman–Crippen MR) is 62.0 cm³/mol. The number of para-hydroxylation sites is 1. The van der Waals surface area contributed by atoms with E-state index in [1.54, 1.807) is 24.3 Å². The van der Waals surface area contributed by atoms with Crippen LogP contribution < -0.4 is 4.74 Å². The summed E-state index contributed by atoms with van der Waals surface area (Å²) in [5, 5.41) is 0. The highest BCUT2D eigenvalue weighted by Gasteiger charge is 2.45. The normalized spacial score (nSPS) is 20.0. The van der Waals surface area contributed by atoms with Crippen molar-refractivity contribution in [3.63, 3.8) is 0 Å².